The number of hydrogen-bond acceptors (Lipinski definition) is 5. The van der Waals surface area contributed by atoms with E-state index in [1.165, 1.54) is 6.42 Å². The van der Waals surface area contributed by atoms with Crippen LogP contribution in [-0.2, 0) is 4.79 Å². The van der Waals surface area contributed by atoms with Gasteiger partial charge in [-0.1, -0.05) is 41.9 Å². The summed E-state index contributed by atoms with van der Waals surface area (Å²) < 4.78 is 6.07. The zero-order chi connectivity index (χ0) is 30.3. The molecule has 1 amide bonds. The summed E-state index contributed by atoms with van der Waals surface area (Å²) in [5.41, 5.74) is 3.67. The number of halogens is 2. The van der Waals surface area contributed by atoms with Crippen molar-refractivity contribution in [2.75, 3.05) is 27.2 Å². The van der Waals surface area contributed by atoms with Crippen molar-refractivity contribution in [3.05, 3.63) is 70.9 Å². The molecule has 3 aromatic rings. The van der Waals surface area contributed by atoms with Gasteiger partial charge < -0.3 is 15.0 Å². The molecule has 7 rings (SSSR count). The largest absolute Gasteiger partial charge is 0.492 e. The summed E-state index contributed by atoms with van der Waals surface area (Å²) in [6, 6.07) is 17.4. The number of rotatable bonds is 10. The number of ether oxygens (including phenoxy) is 1. The van der Waals surface area contributed by atoms with Crippen molar-refractivity contribution in [1.29, 1.82) is 0 Å². The SMILES string of the molecule is Cc1ccccc1-c1ccc(C(=O)NC2(C(=O)Cl)C3CC4CC(C3)CC2C4)nc1-c1ccc(Cl)c(OCCCN(C)C)c1. The fourth-order valence-electron chi connectivity index (χ4n) is 7.98. The minimum Gasteiger partial charge on any atom is -0.492 e. The molecule has 8 heteroatoms. The van der Waals surface area contributed by atoms with Gasteiger partial charge in [-0.2, -0.15) is 0 Å². The van der Waals surface area contributed by atoms with Crippen LogP contribution in [-0.4, -0.2) is 53.8 Å². The van der Waals surface area contributed by atoms with Crippen molar-refractivity contribution in [3.63, 3.8) is 0 Å². The van der Waals surface area contributed by atoms with Crippen LogP contribution >= 0.6 is 23.2 Å². The maximum atomic E-state index is 14.0. The fraction of sp³-hybridized carbons (Fsp3) is 0.457. The van der Waals surface area contributed by atoms with Crippen LogP contribution in [0.25, 0.3) is 22.4 Å². The van der Waals surface area contributed by atoms with Gasteiger partial charge in [0, 0.05) is 17.7 Å². The van der Waals surface area contributed by atoms with Gasteiger partial charge in [-0.25, -0.2) is 4.98 Å². The van der Waals surface area contributed by atoms with Crippen LogP contribution < -0.4 is 10.1 Å². The molecule has 6 nitrogen and oxygen atoms in total. The van der Waals surface area contributed by atoms with Gasteiger partial charge in [0.05, 0.1) is 17.3 Å². The minimum absolute atomic E-state index is 0.0758. The number of nitrogens with one attached hydrogen (secondary N) is 1. The van der Waals surface area contributed by atoms with Crippen molar-refractivity contribution in [2.45, 2.75) is 51.0 Å². The molecule has 4 saturated carbocycles. The Kier molecular flexibility index (Phi) is 8.56. The summed E-state index contributed by atoms with van der Waals surface area (Å²) in [7, 11) is 4.06. The Hall–Kier alpha value is -2.93. The van der Waals surface area contributed by atoms with E-state index in [1.807, 2.05) is 50.5 Å². The maximum Gasteiger partial charge on any atom is 0.270 e. The quantitative estimate of drug-likeness (QED) is 0.189. The van der Waals surface area contributed by atoms with Crippen LogP contribution in [0.2, 0.25) is 5.02 Å². The second-order valence-electron chi connectivity index (χ2n) is 13.0. The molecule has 0 atom stereocenters. The van der Waals surface area contributed by atoms with Crippen molar-refractivity contribution < 1.29 is 14.3 Å². The molecule has 226 valence electrons. The lowest BCUT2D eigenvalue weighted by molar-refractivity contribution is -0.135. The highest BCUT2D eigenvalue weighted by molar-refractivity contribution is 6.66. The molecule has 2 aromatic carbocycles. The maximum absolute atomic E-state index is 14.0. The van der Waals surface area contributed by atoms with Crippen molar-refractivity contribution >= 4 is 34.4 Å². The first-order valence-electron chi connectivity index (χ1n) is 15.3. The summed E-state index contributed by atoms with van der Waals surface area (Å²) in [6.07, 6.45) is 5.87. The fourth-order valence-corrected chi connectivity index (χ4v) is 8.50. The summed E-state index contributed by atoms with van der Waals surface area (Å²) in [6.45, 7) is 3.49. The van der Waals surface area contributed by atoms with E-state index in [-0.39, 0.29) is 23.4 Å². The van der Waals surface area contributed by atoms with Crippen molar-refractivity contribution in [2.24, 2.45) is 23.7 Å². The predicted octanol–water partition coefficient (Wildman–Crippen LogP) is 7.40. The van der Waals surface area contributed by atoms with E-state index in [4.69, 9.17) is 32.9 Å². The molecule has 4 fully saturated rings. The Labute approximate surface area is 264 Å². The number of benzene rings is 2. The Morgan fingerprint density at radius 3 is 2.33 bits per heavy atom. The monoisotopic (exact) mass is 619 g/mol. The average molecular weight is 621 g/mol. The number of aromatic nitrogens is 1. The summed E-state index contributed by atoms with van der Waals surface area (Å²) in [5.74, 6) is 1.62. The number of aryl methyl sites for hydroxylation is 1. The van der Waals surface area contributed by atoms with E-state index in [2.05, 4.69) is 29.3 Å². The second kappa shape index (κ2) is 12.2. The van der Waals surface area contributed by atoms with E-state index in [1.54, 1.807) is 6.07 Å². The van der Waals surface area contributed by atoms with Crippen LogP contribution in [0.5, 0.6) is 5.75 Å². The van der Waals surface area contributed by atoms with Crippen molar-refractivity contribution in [3.8, 4) is 28.1 Å². The van der Waals surface area contributed by atoms with Crippen LogP contribution in [0.15, 0.2) is 54.6 Å². The smallest absolute Gasteiger partial charge is 0.270 e. The zero-order valence-electron chi connectivity index (χ0n) is 25.0. The first-order valence-corrected chi connectivity index (χ1v) is 16.1. The normalized spacial score (nSPS) is 25.6. The van der Waals surface area contributed by atoms with Gasteiger partial charge >= 0.3 is 0 Å². The number of nitrogens with zero attached hydrogens (tertiary/aromatic N) is 2. The zero-order valence-corrected chi connectivity index (χ0v) is 26.5. The number of hydrogen-bond donors (Lipinski definition) is 1. The third kappa shape index (κ3) is 5.82. The van der Waals surface area contributed by atoms with Gasteiger partial charge in [0.2, 0.25) is 5.24 Å². The van der Waals surface area contributed by atoms with Crippen LogP contribution in [0, 0.1) is 30.6 Å². The first-order chi connectivity index (χ1) is 20.7. The van der Waals surface area contributed by atoms with Gasteiger partial charge in [-0.05, 0) is 130 Å². The van der Waals surface area contributed by atoms with Crippen molar-refractivity contribution in [1.82, 2.24) is 15.2 Å². The molecular formula is C35H39Cl2N3O3. The third-order valence-corrected chi connectivity index (χ3v) is 10.5. The Morgan fingerprint density at radius 1 is 0.977 bits per heavy atom. The summed E-state index contributed by atoms with van der Waals surface area (Å²) in [5, 5.41) is 3.25. The highest BCUT2D eigenvalue weighted by Crippen LogP contribution is 2.59. The van der Waals surface area contributed by atoms with Gasteiger partial charge in [0.15, 0.2) is 0 Å². The molecule has 0 aliphatic heterocycles. The van der Waals surface area contributed by atoms with Crippen LogP contribution in [0.3, 0.4) is 0 Å². The minimum atomic E-state index is -1.03. The number of pyridine rings is 1. The standard InChI is InChI=1S/C35H39Cl2N3O3/c1-21-7-4-5-8-27(21)28-10-12-30(38-32(28)24-9-11-29(36)31(20-24)43-14-6-13-40(2)3)33(41)39-35(34(37)42)25-16-22-15-23(18-25)19-26(35)17-22/h4-5,7-12,20,22-23,25-26H,6,13-19H2,1-3H3,(H,39,41). The van der Waals surface area contributed by atoms with Gasteiger partial charge in [0.25, 0.3) is 5.91 Å². The molecule has 43 heavy (non-hydrogen) atoms. The molecule has 4 aliphatic rings. The van der Waals surface area contributed by atoms with E-state index in [9.17, 15) is 9.59 Å². The number of amides is 1. The first kappa shape index (κ1) is 30.1. The van der Waals surface area contributed by atoms with Gasteiger partial charge in [0.1, 0.15) is 17.0 Å². The number of carbonyl (C=O) groups is 2. The van der Waals surface area contributed by atoms with Gasteiger partial charge in [-0.3, -0.25) is 9.59 Å². The van der Waals surface area contributed by atoms with E-state index in [0.717, 1.165) is 60.9 Å². The Bertz CT molecular complexity index is 1510. The molecule has 0 spiro atoms. The molecule has 0 saturated heterocycles. The third-order valence-electron chi connectivity index (χ3n) is 9.85. The predicted molar refractivity (Wildman–Crippen MR) is 172 cm³/mol. The van der Waals surface area contributed by atoms with E-state index in [0.29, 0.717) is 34.9 Å². The van der Waals surface area contributed by atoms with Crippen LogP contribution in [0.1, 0.15) is 54.6 Å². The lowest BCUT2D eigenvalue weighted by Crippen LogP contribution is -2.69. The Balaban J connectivity index is 1.36. The Morgan fingerprint density at radius 2 is 1.67 bits per heavy atom. The lowest BCUT2D eigenvalue weighted by Gasteiger charge is -2.59. The summed E-state index contributed by atoms with van der Waals surface area (Å²) >= 11 is 12.9. The topological polar surface area (TPSA) is 71.5 Å². The lowest BCUT2D eigenvalue weighted by atomic mass is 9.49. The molecule has 4 aliphatic carbocycles. The number of carbonyl (C=O) groups excluding carboxylic acids is 2. The van der Waals surface area contributed by atoms with Crippen LogP contribution in [0.4, 0.5) is 0 Å². The molecule has 1 aromatic heterocycles. The van der Waals surface area contributed by atoms with E-state index >= 15 is 0 Å². The van der Waals surface area contributed by atoms with E-state index < -0.39 is 10.8 Å². The van der Waals surface area contributed by atoms with Gasteiger partial charge in [-0.15, -0.1) is 0 Å². The molecular weight excluding hydrogens is 581 g/mol. The molecule has 4 bridgehead atoms. The highest BCUT2D eigenvalue weighted by Gasteiger charge is 2.61. The molecule has 0 radical (unpaired) electrons. The second-order valence-corrected chi connectivity index (χ2v) is 13.7. The molecule has 0 unspecified atom stereocenters. The highest BCUT2D eigenvalue weighted by atomic mass is 35.5. The molecule has 1 N–H and O–H groups in total. The molecule has 1 heterocycles. The average Bonchev–Trinajstić information content (AvgIpc) is 2.97. The summed E-state index contributed by atoms with van der Waals surface area (Å²) in [4.78, 5) is 34.1.